The van der Waals surface area contributed by atoms with Crippen molar-refractivity contribution in [2.45, 2.75) is 90.3 Å². The maximum absolute atomic E-state index is 11.6. The number of rotatable bonds is 13. The minimum Gasteiger partial charge on any atom is -0.434 e. The van der Waals surface area contributed by atoms with Crippen molar-refractivity contribution in [3.63, 3.8) is 0 Å². The van der Waals surface area contributed by atoms with Crippen molar-refractivity contribution < 1.29 is 14.3 Å². The van der Waals surface area contributed by atoms with Gasteiger partial charge in [-0.25, -0.2) is 0 Å². The van der Waals surface area contributed by atoms with Gasteiger partial charge < -0.3 is 14.8 Å². The number of hydrogen-bond donors (Lipinski definition) is 1. The highest BCUT2D eigenvalue weighted by molar-refractivity contribution is 5.69. The molecule has 1 saturated heterocycles. The van der Waals surface area contributed by atoms with Gasteiger partial charge in [0.1, 0.15) is 0 Å². The van der Waals surface area contributed by atoms with E-state index in [1.807, 2.05) is 0 Å². The molecule has 1 N–H and O–H groups in total. The zero-order valence-electron chi connectivity index (χ0n) is 14.4. The lowest BCUT2D eigenvalue weighted by atomic mass is 10.1. The molecule has 1 fully saturated rings. The molecule has 0 aromatic carbocycles. The van der Waals surface area contributed by atoms with Gasteiger partial charge in [-0.15, -0.1) is 0 Å². The highest BCUT2D eigenvalue weighted by Crippen LogP contribution is 2.12. The largest absolute Gasteiger partial charge is 0.434 e. The molecule has 4 nitrogen and oxygen atoms in total. The number of morpholine rings is 1. The van der Waals surface area contributed by atoms with E-state index in [-0.39, 0.29) is 12.3 Å². The van der Waals surface area contributed by atoms with Crippen LogP contribution in [0.2, 0.25) is 0 Å². The van der Waals surface area contributed by atoms with Gasteiger partial charge >= 0.3 is 5.97 Å². The summed E-state index contributed by atoms with van der Waals surface area (Å²) in [5, 5.41) is 3.15. The summed E-state index contributed by atoms with van der Waals surface area (Å²) in [6.07, 6.45) is 14.4. The minimum absolute atomic E-state index is 0.121. The summed E-state index contributed by atoms with van der Waals surface area (Å²) in [5.41, 5.74) is 0. The molecule has 22 heavy (non-hydrogen) atoms. The summed E-state index contributed by atoms with van der Waals surface area (Å²) < 4.78 is 10.6. The molecule has 1 atom stereocenters. The summed E-state index contributed by atoms with van der Waals surface area (Å²) in [6, 6.07) is 0. The average molecular weight is 313 g/mol. The summed E-state index contributed by atoms with van der Waals surface area (Å²) in [6.45, 7) is 4.34. The Hall–Kier alpha value is -0.610. The van der Waals surface area contributed by atoms with Crippen molar-refractivity contribution in [3.8, 4) is 0 Å². The van der Waals surface area contributed by atoms with Crippen LogP contribution >= 0.6 is 0 Å². The van der Waals surface area contributed by atoms with Crippen LogP contribution in [0.1, 0.15) is 84.0 Å². The molecule has 0 aromatic rings. The zero-order chi connectivity index (χ0) is 15.9. The number of ether oxygens (including phenoxy) is 2. The average Bonchev–Trinajstić information content (AvgIpc) is 2.53. The molecule has 1 aliphatic rings. The Balaban J connectivity index is 1.79. The summed E-state index contributed by atoms with van der Waals surface area (Å²) >= 11 is 0. The van der Waals surface area contributed by atoms with E-state index in [9.17, 15) is 4.79 Å². The van der Waals surface area contributed by atoms with E-state index in [0.29, 0.717) is 19.6 Å². The van der Waals surface area contributed by atoms with Crippen LogP contribution in [0, 0.1) is 0 Å². The molecule has 0 bridgehead atoms. The molecule has 1 aliphatic heterocycles. The smallest absolute Gasteiger partial charge is 0.308 e. The van der Waals surface area contributed by atoms with Crippen molar-refractivity contribution in [1.82, 2.24) is 5.32 Å². The molecule has 0 saturated carbocycles. The fourth-order valence-corrected chi connectivity index (χ4v) is 2.76. The monoisotopic (exact) mass is 313 g/mol. The Labute approximate surface area is 136 Å². The highest BCUT2D eigenvalue weighted by Gasteiger charge is 2.17. The first-order chi connectivity index (χ1) is 10.8. The molecule has 0 amide bonds. The first-order valence-electron chi connectivity index (χ1n) is 9.34. The van der Waals surface area contributed by atoms with E-state index in [4.69, 9.17) is 9.47 Å². The van der Waals surface area contributed by atoms with Crippen LogP contribution < -0.4 is 5.32 Å². The Morgan fingerprint density at radius 1 is 1.00 bits per heavy atom. The topological polar surface area (TPSA) is 47.6 Å². The molecular weight excluding hydrogens is 278 g/mol. The van der Waals surface area contributed by atoms with Crippen LogP contribution in [0.15, 0.2) is 0 Å². The van der Waals surface area contributed by atoms with Crippen molar-refractivity contribution in [1.29, 1.82) is 0 Å². The maximum atomic E-state index is 11.6. The van der Waals surface area contributed by atoms with Gasteiger partial charge in [-0.3, -0.25) is 4.79 Å². The molecule has 0 aromatic heterocycles. The van der Waals surface area contributed by atoms with E-state index in [0.717, 1.165) is 19.4 Å². The third-order valence-corrected chi connectivity index (χ3v) is 4.14. The zero-order valence-corrected chi connectivity index (χ0v) is 14.4. The first-order valence-corrected chi connectivity index (χ1v) is 9.34. The molecular formula is C18H35NO3. The number of carbonyl (C=O) groups is 1. The molecule has 1 rings (SSSR count). The van der Waals surface area contributed by atoms with Gasteiger partial charge in [-0.1, -0.05) is 71.1 Å². The Morgan fingerprint density at radius 2 is 1.59 bits per heavy atom. The van der Waals surface area contributed by atoms with Gasteiger partial charge in [-0.05, 0) is 6.42 Å². The molecule has 0 spiro atoms. The number of hydrogen-bond acceptors (Lipinski definition) is 4. The molecule has 1 heterocycles. The van der Waals surface area contributed by atoms with Crippen LogP contribution in [-0.4, -0.2) is 32.0 Å². The second kappa shape index (κ2) is 14.0. The SMILES string of the molecule is CCCCCCCCCCCCCC(=O)OC1CNCCO1. The Kier molecular flexibility index (Phi) is 12.4. The molecule has 1 unspecified atom stereocenters. The second-order valence-electron chi connectivity index (χ2n) is 6.28. The fourth-order valence-electron chi connectivity index (χ4n) is 2.76. The van der Waals surface area contributed by atoms with Gasteiger partial charge in [0, 0.05) is 13.0 Å². The van der Waals surface area contributed by atoms with Crippen LogP contribution in [-0.2, 0) is 14.3 Å². The minimum atomic E-state index is -0.381. The number of unbranched alkanes of at least 4 members (excludes halogenated alkanes) is 10. The molecule has 130 valence electrons. The van der Waals surface area contributed by atoms with Crippen molar-refractivity contribution in [2.24, 2.45) is 0 Å². The molecule has 4 heteroatoms. The standard InChI is InChI=1S/C18H35NO3/c1-2-3-4-5-6-7-8-9-10-11-12-13-17(20)22-18-16-19-14-15-21-18/h18-19H,2-16H2,1H3. The molecule has 0 radical (unpaired) electrons. The van der Waals surface area contributed by atoms with Crippen molar-refractivity contribution >= 4 is 5.97 Å². The highest BCUT2D eigenvalue weighted by atomic mass is 16.7. The number of carbonyl (C=O) groups excluding carboxylic acids is 1. The Morgan fingerprint density at radius 3 is 2.14 bits per heavy atom. The van der Waals surface area contributed by atoms with Gasteiger partial charge in [-0.2, -0.15) is 0 Å². The maximum Gasteiger partial charge on any atom is 0.308 e. The lowest BCUT2D eigenvalue weighted by molar-refractivity contribution is -0.182. The normalized spacial score (nSPS) is 18.3. The first kappa shape index (κ1) is 19.4. The number of nitrogens with one attached hydrogen (secondary N) is 1. The van der Waals surface area contributed by atoms with E-state index in [1.54, 1.807) is 0 Å². The molecule has 0 aliphatic carbocycles. The summed E-state index contributed by atoms with van der Waals surface area (Å²) in [5.74, 6) is -0.121. The van der Waals surface area contributed by atoms with E-state index >= 15 is 0 Å². The van der Waals surface area contributed by atoms with Gasteiger partial charge in [0.25, 0.3) is 0 Å². The van der Waals surface area contributed by atoms with Gasteiger partial charge in [0.2, 0.25) is 6.29 Å². The van der Waals surface area contributed by atoms with Crippen LogP contribution in [0.5, 0.6) is 0 Å². The van der Waals surface area contributed by atoms with Crippen LogP contribution in [0.25, 0.3) is 0 Å². The van der Waals surface area contributed by atoms with Gasteiger partial charge in [0.05, 0.1) is 13.2 Å². The second-order valence-corrected chi connectivity index (χ2v) is 6.28. The van der Waals surface area contributed by atoms with E-state index in [1.165, 1.54) is 57.8 Å². The predicted octanol–water partition coefficient (Wildman–Crippen LogP) is 4.18. The van der Waals surface area contributed by atoms with Crippen molar-refractivity contribution in [2.75, 3.05) is 19.7 Å². The fraction of sp³-hybridized carbons (Fsp3) is 0.944. The van der Waals surface area contributed by atoms with Crippen LogP contribution in [0.4, 0.5) is 0 Å². The van der Waals surface area contributed by atoms with E-state index < -0.39 is 0 Å². The lowest BCUT2D eigenvalue weighted by Gasteiger charge is -2.23. The quantitative estimate of drug-likeness (QED) is 0.409. The summed E-state index contributed by atoms with van der Waals surface area (Å²) in [7, 11) is 0. The van der Waals surface area contributed by atoms with Crippen molar-refractivity contribution in [3.05, 3.63) is 0 Å². The number of esters is 1. The summed E-state index contributed by atoms with van der Waals surface area (Å²) in [4.78, 5) is 11.6. The third-order valence-electron chi connectivity index (χ3n) is 4.14. The van der Waals surface area contributed by atoms with E-state index in [2.05, 4.69) is 12.2 Å². The predicted molar refractivity (Wildman–Crippen MR) is 89.8 cm³/mol. The Bertz CT molecular complexity index is 265. The lowest BCUT2D eigenvalue weighted by Crippen LogP contribution is -2.41. The third kappa shape index (κ3) is 11.0. The van der Waals surface area contributed by atoms with Gasteiger partial charge in [0.15, 0.2) is 0 Å². The van der Waals surface area contributed by atoms with Crippen LogP contribution in [0.3, 0.4) is 0 Å².